The minimum Gasteiger partial charge on any atom is -0.497 e. The van der Waals surface area contributed by atoms with Crippen LogP contribution in [0.2, 0.25) is 0 Å². The maximum absolute atomic E-state index is 13.1. The van der Waals surface area contributed by atoms with Crippen LogP contribution in [-0.4, -0.2) is 43.3 Å². The van der Waals surface area contributed by atoms with Gasteiger partial charge < -0.3 is 14.5 Å². The van der Waals surface area contributed by atoms with Gasteiger partial charge in [-0.3, -0.25) is 0 Å². The molecule has 1 aliphatic rings. The zero-order chi connectivity index (χ0) is 20.1. The Balaban J connectivity index is 1.34. The molecule has 7 heteroatoms. The SMILES string of the molecule is COc1ccc(CSc2cc(N3CCN(c4ccc(F)cc4)CC3)ncn2)cc1. The second-order valence-corrected chi connectivity index (χ2v) is 7.80. The predicted molar refractivity (Wildman–Crippen MR) is 115 cm³/mol. The summed E-state index contributed by atoms with van der Waals surface area (Å²) in [4.78, 5) is 13.4. The molecule has 1 saturated heterocycles. The van der Waals surface area contributed by atoms with Gasteiger partial charge in [-0.05, 0) is 42.0 Å². The Morgan fingerprint density at radius 1 is 0.931 bits per heavy atom. The van der Waals surface area contributed by atoms with Gasteiger partial charge >= 0.3 is 0 Å². The van der Waals surface area contributed by atoms with E-state index < -0.39 is 0 Å². The van der Waals surface area contributed by atoms with E-state index in [2.05, 4.69) is 38.0 Å². The average Bonchev–Trinajstić information content (AvgIpc) is 2.79. The van der Waals surface area contributed by atoms with Gasteiger partial charge in [0.25, 0.3) is 0 Å². The number of hydrogen-bond donors (Lipinski definition) is 0. The maximum Gasteiger partial charge on any atom is 0.133 e. The molecule has 0 spiro atoms. The third-order valence-electron chi connectivity index (χ3n) is 4.97. The maximum atomic E-state index is 13.1. The van der Waals surface area contributed by atoms with Gasteiger partial charge in [0, 0.05) is 43.7 Å². The second-order valence-electron chi connectivity index (χ2n) is 6.80. The number of methoxy groups -OCH3 is 1. The van der Waals surface area contributed by atoms with Crippen molar-refractivity contribution in [3.8, 4) is 5.75 Å². The van der Waals surface area contributed by atoms with Crippen LogP contribution >= 0.6 is 11.8 Å². The van der Waals surface area contributed by atoms with E-state index in [1.54, 1.807) is 25.2 Å². The van der Waals surface area contributed by atoms with E-state index in [-0.39, 0.29) is 5.82 Å². The first-order chi connectivity index (χ1) is 14.2. The van der Waals surface area contributed by atoms with Crippen LogP contribution in [0.5, 0.6) is 5.75 Å². The van der Waals surface area contributed by atoms with Crippen LogP contribution in [0.15, 0.2) is 66.0 Å². The zero-order valence-electron chi connectivity index (χ0n) is 16.3. The number of aromatic nitrogens is 2. The Morgan fingerprint density at radius 3 is 2.31 bits per heavy atom. The van der Waals surface area contributed by atoms with Gasteiger partial charge in [-0.2, -0.15) is 0 Å². The van der Waals surface area contributed by atoms with Crippen LogP contribution < -0.4 is 14.5 Å². The van der Waals surface area contributed by atoms with Gasteiger partial charge in [0.1, 0.15) is 28.7 Å². The Kier molecular flexibility index (Phi) is 6.14. The third-order valence-corrected chi connectivity index (χ3v) is 5.97. The lowest BCUT2D eigenvalue weighted by atomic mass is 10.2. The van der Waals surface area contributed by atoms with Crippen molar-refractivity contribution in [3.05, 3.63) is 72.3 Å². The molecule has 2 heterocycles. The van der Waals surface area contributed by atoms with E-state index >= 15 is 0 Å². The van der Waals surface area contributed by atoms with Gasteiger partial charge in [-0.1, -0.05) is 12.1 Å². The Labute approximate surface area is 174 Å². The first-order valence-electron chi connectivity index (χ1n) is 9.54. The minimum absolute atomic E-state index is 0.201. The summed E-state index contributed by atoms with van der Waals surface area (Å²) in [5.41, 5.74) is 2.29. The van der Waals surface area contributed by atoms with Crippen LogP contribution in [0, 0.1) is 5.82 Å². The fraction of sp³-hybridized carbons (Fsp3) is 0.273. The standard InChI is InChI=1S/C22H23FN4OS/c1-28-20-8-2-17(3-9-20)15-29-22-14-21(24-16-25-22)27-12-10-26(11-13-27)19-6-4-18(23)5-7-19/h2-9,14,16H,10-13,15H2,1H3. The summed E-state index contributed by atoms with van der Waals surface area (Å²) < 4.78 is 18.3. The van der Waals surface area contributed by atoms with E-state index in [4.69, 9.17) is 4.74 Å². The number of rotatable bonds is 6. The average molecular weight is 411 g/mol. The zero-order valence-corrected chi connectivity index (χ0v) is 17.1. The summed E-state index contributed by atoms with van der Waals surface area (Å²) >= 11 is 1.70. The van der Waals surface area contributed by atoms with Crippen LogP contribution in [-0.2, 0) is 5.75 Å². The summed E-state index contributed by atoms with van der Waals surface area (Å²) in [5.74, 6) is 2.46. The van der Waals surface area contributed by atoms with Crippen molar-refractivity contribution in [2.45, 2.75) is 10.8 Å². The number of benzene rings is 2. The quantitative estimate of drug-likeness (QED) is 0.447. The highest BCUT2D eigenvalue weighted by atomic mass is 32.2. The fourth-order valence-corrected chi connectivity index (χ4v) is 4.12. The fourth-order valence-electron chi connectivity index (χ4n) is 3.31. The van der Waals surface area contributed by atoms with Crippen LogP contribution in [0.25, 0.3) is 0 Å². The Bertz CT molecular complexity index is 928. The first kappa shape index (κ1) is 19.5. The molecule has 0 aliphatic carbocycles. The number of hydrogen-bond acceptors (Lipinski definition) is 6. The summed E-state index contributed by atoms with van der Waals surface area (Å²) in [6.07, 6.45) is 1.64. The molecular weight excluding hydrogens is 387 g/mol. The van der Waals surface area contributed by atoms with Crippen molar-refractivity contribution in [2.24, 2.45) is 0 Å². The number of halogens is 1. The molecule has 1 fully saturated rings. The highest BCUT2D eigenvalue weighted by Crippen LogP contribution is 2.25. The third kappa shape index (κ3) is 4.98. The number of nitrogens with zero attached hydrogens (tertiary/aromatic N) is 4. The van der Waals surface area contributed by atoms with Crippen molar-refractivity contribution >= 4 is 23.3 Å². The summed E-state index contributed by atoms with van der Waals surface area (Å²) in [6, 6.07) is 16.8. The molecule has 0 amide bonds. The van der Waals surface area contributed by atoms with E-state index in [0.717, 1.165) is 54.2 Å². The van der Waals surface area contributed by atoms with Crippen molar-refractivity contribution in [3.63, 3.8) is 0 Å². The molecule has 3 aromatic rings. The lowest BCUT2D eigenvalue weighted by Gasteiger charge is -2.36. The molecule has 29 heavy (non-hydrogen) atoms. The van der Waals surface area contributed by atoms with Crippen molar-refractivity contribution in [2.75, 3.05) is 43.1 Å². The van der Waals surface area contributed by atoms with Crippen LogP contribution in [0.3, 0.4) is 0 Å². The smallest absolute Gasteiger partial charge is 0.133 e. The molecule has 0 saturated carbocycles. The molecule has 1 aliphatic heterocycles. The van der Waals surface area contributed by atoms with Gasteiger partial charge in [-0.25, -0.2) is 14.4 Å². The summed E-state index contributed by atoms with van der Waals surface area (Å²) in [7, 11) is 1.67. The Hall–Kier alpha value is -2.80. The molecule has 0 atom stereocenters. The largest absolute Gasteiger partial charge is 0.497 e. The van der Waals surface area contributed by atoms with Crippen LogP contribution in [0.4, 0.5) is 15.9 Å². The summed E-state index contributed by atoms with van der Waals surface area (Å²) in [5, 5.41) is 0.965. The molecule has 0 N–H and O–H groups in total. The molecule has 0 radical (unpaired) electrons. The molecule has 4 rings (SSSR count). The molecule has 150 valence electrons. The van der Waals surface area contributed by atoms with E-state index in [9.17, 15) is 4.39 Å². The summed E-state index contributed by atoms with van der Waals surface area (Å²) in [6.45, 7) is 3.50. The number of thioether (sulfide) groups is 1. The lowest BCUT2D eigenvalue weighted by molar-refractivity contribution is 0.414. The van der Waals surface area contributed by atoms with Gasteiger partial charge in [-0.15, -0.1) is 11.8 Å². The van der Waals surface area contributed by atoms with Crippen LogP contribution in [0.1, 0.15) is 5.56 Å². The molecule has 0 bridgehead atoms. The Morgan fingerprint density at radius 2 is 1.62 bits per heavy atom. The molecule has 1 aromatic heterocycles. The molecule has 0 unspecified atom stereocenters. The predicted octanol–water partition coefficient (Wildman–Crippen LogP) is 4.24. The normalized spacial score (nSPS) is 14.1. The van der Waals surface area contributed by atoms with Gasteiger partial charge in [0.2, 0.25) is 0 Å². The highest BCUT2D eigenvalue weighted by molar-refractivity contribution is 7.98. The van der Waals surface area contributed by atoms with Crippen molar-refractivity contribution in [1.29, 1.82) is 0 Å². The van der Waals surface area contributed by atoms with Crippen molar-refractivity contribution in [1.82, 2.24) is 9.97 Å². The van der Waals surface area contributed by atoms with E-state index in [1.165, 1.54) is 17.7 Å². The number of anilines is 2. The lowest BCUT2D eigenvalue weighted by Crippen LogP contribution is -2.46. The van der Waals surface area contributed by atoms with Gasteiger partial charge in [0.15, 0.2) is 0 Å². The number of piperazine rings is 1. The molecular formula is C22H23FN4OS. The van der Waals surface area contributed by atoms with E-state index in [1.807, 2.05) is 24.3 Å². The first-order valence-corrected chi connectivity index (χ1v) is 10.5. The monoisotopic (exact) mass is 410 g/mol. The minimum atomic E-state index is -0.201. The second kappa shape index (κ2) is 9.13. The highest BCUT2D eigenvalue weighted by Gasteiger charge is 2.19. The van der Waals surface area contributed by atoms with E-state index in [0.29, 0.717) is 0 Å². The number of ether oxygens (including phenoxy) is 1. The molecule has 2 aromatic carbocycles. The van der Waals surface area contributed by atoms with Gasteiger partial charge in [0.05, 0.1) is 7.11 Å². The molecule has 5 nitrogen and oxygen atoms in total. The van der Waals surface area contributed by atoms with Crippen molar-refractivity contribution < 1.29 is 9.13 Å². The topological polar surface area (TPSA) is 41.5 Å².